The summed E-state index contributed by atoms with van der Waals surface area (Å²) in [5.41, 5.74) is 1.18. The van der Waals surface area contributed by atoms with E-state index >= 15 is 0 Å². The summed E-state index contributed by atoms with van der Waals surface area (Å²) in [6.45, 7) is 7.67. The molecule has 0 amide bonds. The SMILES string of the molecule is CN=C(NCc1ccc(N2CCOC(C)C2)nc1)N1CCCC1.I. The van der Waals surface area contributed by atoms with E-state index in [-0.39, 0.29) is 30.1 Å². The van der Waals surface area contributed by atoms with Crippen LogP contribution in [0.3, 0.4) is 0 Å². The van der Waals surface area contributed by atoms with Crippen molar-refractivity contribution in [1.82, 2.24) is 15.2 Å². The van der Waals surface area contributed by atoms with Crippen molar-refractivity contribution in [3.63, 3.8) is 0 Å². The summed E-state index contributed by atoms with van der Waals surface area (Å²) in [4.78, 5) is 13.6. The van der Waals surface area contributed by atoms with Gasteiger partial charge in [-0.3, -0.25) is 4.99 Å². The van der Waals surface area contributed by atoms with Gasteiger partial charge in [-0.1, -0.05) is 6.07 Å². The largest absolute Gasteiger partial charge is 0.375 e. The third-order valence-electron chi connectivity index (χ3n) is 4.44. The molecule has 0 spiro atoms. The van der Waals surface area contributed by atoms with Crippen molar-refractivity contribution >= 4 is 35.8 Å². The Kier molecular flexibility index (Phi) is 7.54. The van der Waals surface area contributed by atoms with Gasteiger partial charge in [0.05, 0.1) is 12.7 Å². The lowest BCUT2D eigenvalue weighted by molar-refractivity contribution is 0.0529. The molecule has 3 heterocycles. The summed E-state index contributed by atoms with van der Waals surface area (Å²) in [7, 11) is 1.85. The first-order valence-electron chi connectivity index (χ1n) is 8.53. The standard InChI is InChI=1S/C17H27N5O.HI/c1-14-13-22(9-10-23-14)16-6-5-15(11-19-16)12-20-17(18-2)21-7-3-4-8-21;/h5-6,11,14H,3-4,7-10,12-13H2,1-2H3,(H,18,20);1H. The molecule has 2 saturated heterocycles. The number of anilines is 1. The summed E-state index contributed by atoms with van der Waals surface area (Å²) in [6.07, 6.45) is 4.75. The molecular formula is C17H28IN5O. The first kappa shape index (κ1) is 19.2. The quantitative estimate of drug-likeness (QED) is 0.439. The molecule has 1 N–H and O–H groups in total. The Hall–Kier alpha value is -1.09. The van der Waals surface area contributed by atoms with Crippen molar-refractivity contribution < 1.29 is 4.74 Å². The molecule has 2 aliphatic heterocycles. The van der Waals surface area contributed by atoms with Crippen molar-refractivity contribution in [3.05, 3.63) is 23.9 Å². The molecule has 0 radical (unpaired) electrons. The zero-order valence-electron chi connectivity index (χ0n) is 14.6. The minimum atomic E-state index is 0. The molecule has 0 saturated carbocycles. The van der Waals surface area contributed by atoms with E-state index in [0.717, 1.165) is 51.1 Å². The number of hydrogen-bond donors (Lipinski definition) is 1. The van der Waals surface area contributed by atoms with Crippen LogP contribution in [0.5, 0.6) is 0 Å². The molecule has 1 unspecified atom stereocenters. The third-order valence-corrected chi connectivity index (χ3v) is 4.44. The number of hydrogen-bond acceptors (Lipinski definition) is 4. The lowest BCUT2D eigenvalue weighted by atomic mass is 10.2. The summed E-state index contributed by atoms with van der Waals surface area (Å²) in [6, 6.07) is 4.25. The van der Waals surface area contributed by atoms with Gasteiger partial charge in [0, 0.05) is 46.0 Å². The van der Waals surface area contributed by atoms with Gasteiger partial charge in [-0.25, -0.2) is 4.98 Å². The van der Waals surface area contributed by atoms with E-state index in [1.54, 1.807) is 0 Å². The normalized spacial score (nSPS) is 21.6. The van der Waals surface area contributed by atoms with E-state index in [9.17, 15) is 0 Å². The van der Waals surface area contributed by atoms with Gasteiger partial charge in [-0.2, -0.15) is 0 Å². The Morgan fingerprint density at radius 1 is 1.33 bits per heavy atom. The molecule has 2 aliphatic rings. The maximum atomic E-state index is 5.58. The fourth-order valence-electron chi connectivity index (χ4n) is 3.18. The van der Waals surface area contributed by atoms with Gasteiger partial charge >= 0.3 is 0 Å². The molecule has 0 aromatic carbocycles. The van der Waals surface area contributed by atoms with Gasteiger partial charge < -0.3 is 19.9 Å². The number of nitrogens with zero attached hydrogens (tertiary/aromatic N) is 4. The highest BCUT2D eigenvalue weighted by Crippen LogP contribution is 2.15. The fraction of sp³-hybridized carbons (Fsp3) is 0.647. The van der Waals surface area contributed by atoms with Crippen LogP contribution in [-0.2, 0) is 11.3 Å². The molecule has 1 aromatic heterocycles. The zero-order valence-corrected chi connectivity index (χ0v) is 16.9. The van der Waals surface area contributed by atoms with Gasteiger partial charge in [-0.15, -0.1) is 24.0 Å². The van der Waals surface area contributed by atoms with Crippen LogP contribution in [0.2, 0.25) is 0 Å². The lowest BCUT2D eigenvalue weighted by Crippen LogP contribution is -2.41. The van der Waals surface area contributed by atoms with E-state index < -0.39 is 0 Å². The number of halogens is 1. The van der Waals surface area contributed by atoms with Gasteiger partial charge in [0.2, 0.25) is 0 Å². The Morgan fingerprint density at radius 3 is 2.75 bits per heavy atom. The number of nitrogens with one attached hydrogen (secondary N) is 1. The van der Waals surface area contributed by atoms with E-state index in [1.165, 1.54) is 18.4 Å². The Morgan fingerprint density at radius 2 is 2.12 bits per heavy atom. The smallest absolute Gasteiger partial charge is 0.193 e. The first-order valence-corrected chi connectivity index (χ1v) is 8.53. The Bertz CT molecular complexity index is 530. The van der Waals surface area contributed by atoms with Crippen LogP contribution < -0.4 is 10.2 Å². The van der Waals surface area contributed by atoms with Gasteiger partial charge in [0.25, 0.3) is 0 Å². The predicted octanol–water partition coefficient (Wildman–Crippen LogP) is 2.10. The van der Waals surface area contributed by atoms with Crippen LogP contribution in [0.15, 0.2) is 23.3 Å². The van der Waals surface area contributed by atoms with Crippen molar-refractivity contribution in [2.45, 2.75) is 32.4 Å². The highest BCUT2D eigenvalue weighted by Gasteiger charge is 2.18. The maximum Gasteiger partial charge on any atom is 0.193 e. The van der Waals surface area contributed by atoms with Crippen molar-refractivity contribution in [1.29, 1.82) is 0 Å². The number of aliphatic imine (C=N–C) groups is 1. The van der Waals surface area contributed by atoms with Gasteiger partial charge in [0.1, 0.15) is 5.82 Å². The Labute approximate surface area is 161 Å². The highest BCUT2D eigenvalue weighted by molar-refractivity contribution is 14.0. The molecular weight excluding hydrogens is 417 g/mol. The molecule has 24 heavy (non-hydrogen) atoms. The van der Waals surface area contributed by atoms with E-state index in [2.05, 4.69) is 44.1 Å². The fourth-order valence-corrected chi connectivity index (χ4v) is 3.18. The molecule has 7 heteroatoms. The van der Waals surface area contributed by atoms with Gasteiger partial charge in [-0.05, 0) is 31.4 Å². The molecule has 134 valence electrons. The minimum Gasteiger partial charge on any atom is -0.375 e. The number of ether oxygens (including phenoxy) is 1. The second-order valence-corrected chi connectivity index (χ2v) is 6.25. The first-order chi connectivity index (χ1) is 11.3. The number of guanidine groups is 1. The van der Waals surface area contributed by atoms with Crippen LogP contribution in [-0.4, -0.2) is 61.8 Å². The van der Waals surface area contributed by atoms with Crippen molar-refractivity contribution in [2.24, 2.45) is 4.99 Å². The van der Waals surface area contributed by atoms with Crippen LogP contribution in [0.25, 0.3) is 0 Å². The molecule has 0 bridgehead atoms. The van der Waals surface area contributed by atoms with Crippen LogP contribution in [0, 0.1) is 0 Å². The summed E-state index contributed by atoms with van der Waals surface area (Å²) in [5, 5.41) is 3.44. The summed E-state index contributed by atoms with van der Waals surface area (Å²) < 4.78 is 5.58. The number of rotatable bonds is 3. The van der Waals surface area contributed by atoms with E-state index in [1.807, 2.05) is 13.2 Å². The van der Waals surface area contributed by atoms with Crippen LogP contribution in [0.1, 0.15) is 25.3 Å². The molecule has 3 rings (SSSR count). The highest BCUT2D eigenvalue weighted by atomic mass is 127. The van der Waals surface area contributed by atoms with E-state index in [0.29, 0.717) is 0 Å². The minimum absolute atomic E-state index is 0. The molecule has 1 atom stereocenters. The molecule has 1 aromatic rings. The Balaban J connectivity index is 0.00000208. The van der Waals surface area contributed by atoms with Crippen LogP contribution >= 0.6 is 24.0 Å². The summed E-state index contributed by atoms with van der Waals surface area (Å²) in [5.74, 6) is 2.03. The van der Waals surface area contributed by atoms with Crippen molar-refractivity contribution in [2.75, 3.05) is 44.7 Å². The monoisotopic (exact) mass is 445 g/mol. The molecule has 0 aliphatic carbocycles. The average Bonchev–Trinajstić information content (AvgIpc) is 3.10. The number of aromatic nitrogens is 1. The lowest BCUT2D eigenvalue weighted by Gasteiger charge is -2.32. The number of likely N-dealkylation sites (tertiary alicyclic amines) is 1. The topological polar surface area (TPSA) is 53.0 Å². The number of pyridine rings is 1. The maximum absolute atomic E-state index is 5.58. The second kappa shape index (κ2) is 9.41. The average molecular weight is 445 g/mol. The third kappa shape index (κ3) is 4.95. The van der Waals surface area contributed by atoms with Crippen LogP contribution in [0.4, 0.5) is 5.82 Å². The van der Waals surface area contributed by atoms with E-state index in [4.69, 9.17) is 4.74 Å². The molecule has 6 nitrogen and oxygen atoms in total. The zero-order chi connectivity index (χ0) is 16.1. The number of morpholine rings is 1. The predicted molar refractivity (Wildman–Crippen MR) is 108 cm³/mol. The summed E-state index contributed by atoms with van der Waals surface area (Å²) >= 11 is 0. The second-order valence-electron chi connectivity index (χ2n) is 6.25. The molecule has 2 fully saturated rings. The van der Waals surface area contributed by atoms with Crippen molar-refractivity contribution in [3.8, 4) is 0 Å². The van der Waals surface area contributed by atoms with Gasteiger partial charge in [0.15, 0.2) is 5.96 Å².